The van der Waals surface area contributed by atoms with Crippen LogP contribution in [0.4, 0.5) is 8.78 Å². The van der Waals surface area contributed by atoms with Crippen LogP contribution in [0, 0.1) is 17.6 Å². The molecule has 0 aromatic heterocycles. The van der Waals surface area contributed by atoms with Crippen LogP contribution in [0.5, 0.6) is 0 Å². The average molecular weight is 253 g/mol. The Bertz CT molecular complexity index is 392. The average Bonchev–Trinajstić information content (AvgIpc) is 2.38. The van der Waals surface area contributed by atoms with E-state index in [1.165, 1.54) is 25.3 Å². The molecule has 2 unspecified atom stereocenters. The molecule has 100 valence electrons. The highest BCUT2D eigenvalue weighted by atomic mass is 19.1. The summed E-state index contributed by atoms with van der Waals surface area (Å²) in [7, 11) is 0. The Labute approximate surface area is 108 Å². The molecule has 1 saturated heterocycles. The van der Waals surface area contributed by atoms with E-state index in [1.54, 1.807) is 6.07 Å². The van der Waals surface area contributed by atoms with Gasteiger partial charge in [-0.1, -0.05) is 19.4 Å². The van der Waals surface area contributed by atoms with Crippen molar-refractivity contribution in [3.8, 4) is 0 Å². The minimum absolute atomic E-state index is 0.419. The normalized spacial score (nSPS) is 24.2. The number of aryl methyl sites for hydroxylation is 1. The lowest BCUT2D eigenvalue weighted by Crippen LogP contribution is -2.38. The van der Waals surface area contributed by atoms with Gasteiger partial charge in [-0.3, -0.25) is 0 Å². The molecule has 1 N–H and O–H groups in total. The first-order valence-electron chi connectivity index (χ1n) is 6.86. The molecular formula is C15H21F2N. The van der Waals surface area contributed by atoms with Gasteiger partial charge in [-0.15, -0.1) is 0 Å². The van der Waals surface area contributed by atoms with Crippen molar-refractivity contribution in [1.29, 1.82) is 0 Å². The van der Waals surface area contributed by atoms with Crippen molar-refractivity contribution in [3.63, 3.8) is 0 Å². The highest BCUT2D eigenvalue weighted by Crippen LogP contribution is 2.22. The zero-order valence-corrected chi connectivity index (χ0v) is 10.9. The van der Waals surface area contributed by atoms with E-state index in [2.05, 4.69) is 12.2 Å². The molecule has 0 amide bonds. The largest absolute Gasteiger partial charge is 0.314 e. The van der Waals surface area contributed by atoms with Gasteiger partial charge in [-0.25, -0.2) is 8.78 Å². The van der Waals surface area contributed by atoms with E-state index in [0.717, 1.165) is 24.9 Å². The molecule has 0 saturated carbocycles. The fourth-order valence-corrected chi connectivity index (χ4v) is 2.74. The maximum atomic E-state index is 13.5. The fraction of sp³-hybridized carbons (Fsp3) is 0.600. The molecule has 0 bridgehead atoms. The minimum atomic E-state index is -0.502. The van der Waals surface area contributed by atoms with Gasteiger partial charge >= 0.3 is 0 Å². The Balaban J connectivity index is 1.87. The summed E-state index contributed by atoms with van der Waals surface area (Å²) in [4.78, 5) is 0. The summed E-state index contributed by atoms with van der Waals surface area (Å²) in [6, 6.07) is 4.35. The van der Waals surface area contributed by atoms with Crippen molar-refractivity contribution in [2.24, 2.45) is 5.92 Å². The first-order valence-corrected chi connectivity index (χ1v) is 6.86. The van der Waals surface area contributed by atoms with Gasteiger partial charge in [0.05, 0.1) is 0 Å². The maximum Gasteiger partial charge on any atom is 0.129 e. The lowest BCUT2D eigenvalue weighted by molar-refractivity contribution is 0.284. The predicted molar refractivity (Wildman–Crippen MR) is 69.5 cm³/mol. The van der Waals surface area contributed by atoms with Crippen molar-refractivity contribution in [2.75, 3.05) is 6.54 Å². The van der Waals surface area contributed by atoms with E-state index < -0.39 is 11.6 Å². The monoisotopic (exact) mass is 253 g/mol. The van der Waals surface area contributed by atoms with Gasteiger partial charge in [-0.2, -0.15) is 0 Å². The SMILES string of the molecule is CCC1CCNC(CCc2ccc(F)cc2F)C1. The van der Waals surface area contributed by atoms with Crippen LogP contribution >= 0.6 is 0 Å². The van der Waals surface area contributed by atoms with Crippen LogP contribution < -0.4 is 5.32 Å². The number of hydrogen-bond acceptors (Lipinski definition) is 1. The summed E-state index contributed by atoms with van der Waals surface area (Å²) in [6.07, 6.45) is 5.26. The third-order valence-electron chi connectivity index (χ3n) is 3.96. The lowest BCUT2D eigenvalue weighted by atomic mass is 9.88. The lowest BCUT2D eigenvalue weighted by Gasteiger charge is -2.29. The number of rotatable bonds is 4. The number of hydrogen-bond donors (Lipinski definition) is 1. The Morgan fingerprint density at radius 1 is 1.33 bits per heavy atom. The number of piperidine rings is 1. The van der Waals surface area contributed by atoms with E-state index in [4.69, 9.17) is 0 Å². The Morgan fingerprint density at radius 3 is 2.89 bits per heavy atom. The van der Waals surface area contributed by atoms with Crippen molar-refractivity contribution >= 4 is 0 Å². The van der Waals surface area contributed by atoms with E-state index in [9.17, 15) is 8.78 Å². The molecule has 2 atom stereocenters. The van der Waals surface area contributed by atoms with Gasteiger partial charge in [0.15, 0.2) is 0 Å². The van der Waals surface area contributed by atoms with Gasteiger partial charge < -0.3 is 5.32 Å². The van der Waals surface area contributed by atoms with E-state index >= 15 is 0 Å². The van der Waals surface area contributed by atoms with Crippen LogP contribution in [-0.2, 0) is 6.42 Å². The molecule has 1 aromatic carbocycles. The molecule has 1 nitrogen and oxygen atoms in total. The highest BCUT2D eigenvalue weighted by molar-refractivity contribution is 5.18. The summed E-state index contributed by atoms with van der Waals surface area (Å²) in [5, 5.41) is 3.49. The van der Waals surface area contributed by atoms with Gasteiger partial charge in [0.1, 0.15) is 11.6 Å². The van der Waals surface area contributed by atoms with Gasteiger partial charge in [-0.05, 0) is 49.8 Å². The number of nitrogens with one attached hydrogen (secondary N) is 1. The smallest absolute Gasteiger partial charge is 0.129 e. The molecule has 1 aromatic rings. The first-order chi connectivity index (χ1) is 8.69. The van der Waals surface area contributed by atoms with Gasteiger partial charge in [0.25, 0.3) is 0 Å². The van der Waals surface area contributed by atoms with Crippen molar-refractivity contribution in [2.45, 2.75) is 45.1 Å². The maximum absolute atomic E-state index is 13.5. The second-order valence-corrected chi connectivity index (χ2v) is 5.22. The highest BCUT2D eigenvalue weighted by Gasteiger charge is 2.20. The molecule has 2 rings (SSSR count). The predicted octanol–water partition coefficient (Wildman–Crippen LogP) is 3.68. The van der Waals surface area contributed by atoms with E-state index in [1.807, 2.05) is 0 Å². The molecule has 1 heterocycles. The molecule has 1 aliphatic rings. The zero-order valence-electron chi connectivity index (χ0n) is 10.9. The molecule has 18 heavy (non-hydrogen) atoms. The molecule has 1 aliphatic heterocycles. The van der Waals surface area contributed by atoms with Crippen LogP contribution in [0.2, 0.25) is 0 Å². The van der Waals surface area contributed by atoms with Crippen LogP contribution in [0.25, 0.3) is 0 Å². The van der Waals surface area contributed by atoms with Gasteiger partial charge in [0, 0.05) is 12.1 Å². The van der Waals surface area contributed by atoms with E-state index in [-0.39, 0.29) is 0 Å². The van der Waals surface area contributed by atoms with E-state index in [0.29, 0.717) is 18.0 Å². The van der Waals surface area contributed by atoms with Gasteiger partial charge in [0.2, 0.25) is 0 Å². The summed E-state index contributed by atoms with van der Waals surface area (Å²) >= 11 is 0. The first kappa shape index (κ1) is 13.5. The van der Waals surface area contributed by atoms with Crippen molar-refractivity contribution in [1.82, 2.24) is 5.32 Å². The summed E-state index contributed by atoms with van der Waals surface area (Å²) < 4.78 is 26.3. The molecule has 0 spiro atoms. The molecular weight excluding hydrogens is 232 g/mol. The quantitative estimate of drug-likeness (QED) is 0.863. The zero-order chi connectivity index (χ0) is 13.0. The topological polar surface area (TPSA) is 12.0 Å². The standard InChI is InChI=1S/C15H21F2N/c1-2-11-7-8-18-14(9-11)6-4-12-3-5-13(16)10-15(12)17/h3,5,10-11,14,18H,2,4,6-9H2,1H3. The Hall–Kier alpha value is -0.960. The Morgan fingerprint density at radius 2 is 2.17 bits per heavy atom. The third-order valence-corrected chi connectivity index (χ3v) is 3.96. The Kier molecular flexibility index (Phi) is 4.70. The fourth-order valence-electron chi connectivity index (χ4n) is 2.74. The van der Waals surface area contributed by atoms with Crippen LogP contribution in [0.1, 0.15) is 38.2 Å². The minimum Gasteiger partial charge on any atom is -0.314 e. The summed E-state index contributed by atoms with van der Waals surface area (Å²) in [6.45, 7) is 3.29. The van der Waals surface area contributed by atoms with Crippen molar-refractivity contribution in [3.05, 3.63) is 35.4 Å². The third kappa shape index (κ3) is 3.52. The second kappa shape index (κ2) is 6.28. The molecule has 0 aliphatic carbocycles. The number of benzene rings is 1. The summed E-state index contributed by atoms with van der Waals surface area (Å²) in [5.74, 6) is -0.120. The van der Waals surface area contributed by atoms with Crippen LogP contribution in [0.3, 0.4) is 0 Å². The molecule has 0 radical (unpaired) electrons. The second-order valence-electron chi connectivity index (χ2n) is 5.22. The van der Waals surface area contributed by atoms with Crippen LogP contribution in [0.15, 0.2) is 18.2 Å². The van der Waals surface area contributed by atoms with Crippen LogP contribution in [-0.4, -0.2) is 12.6 Å². The molecule has 1 fully saturated rings. The molecule has 3 heteroatoms. The van der Waals surface area contributed by atoms with Crippen molar-refractivity contribution < 1.29 is 8.78 Å². The number of halogens is 2. The summed E-state index contributed by atoms with van der Waals surface area (Å²) in [5.41, 5.74) is 0.622.